The van der Waals surface area contributed by atoms with Crippen LogP contribution in [0.2, 0.25) is 0 Å². The highest BCUT2D eigenvalue weighted by atomic mass is 16.6. The standard InChI is InChI=1S/C30H48O4/c1-18(2)16-19-17-30(33,25(32)34-19)21-10-14-28(6)20(21)8-9-23-27(5)13-12-24(31)26(3,4)22(27)11-15-29(23,28)7/h16,19-24,31,33H,8-15,17H2,1-7H3/t19-,20?,21?,22?,23?,24+,27+,28-,29-,30+/m1/s1. The highest BCUT2D eigenvalue weighted by molar-refractivity contribution is 5.82. The van der Waals surface area contributed by atoms with Gasteiger partial charge in [-0.1, -0.05) is 40.2 Å². The molecule has 0 spiro atoms. The molecular weight excluding hydrogens is 424 g/mol. The predicted molar refractivity (Wildman–Crippen MR) is 134 cm³/mol. The van der Waals surface area contributed by atoms with Gasteiger partial charge in [0.05, 0.1) is 6.10 Å². The van der Waals surface area contributed by atoms with Gasteiger partial charge in [-0.2, -0.15) is 0 Å². The molecule has 1 heterocycles. The average Bonchev–Trinajstić information content (AvgIpc) is 3.22. The summed E-state index contributed by atoms with van der Waals surface area (Å²) >= 11 is 0. The molecule has 0 aromatic rings. The molecule has 4 aliphatic carbocycles. The van der Waals surface area contributed by atoms with E-state index in [1.54, 1.807) is 0 Å². The lowest BCUT2D eigenvalue weighted by Gasteiger charge is -2.70. The molecular formula is C30H48O4. The van der Waals surface area contributed by atoms with Crippen molar-refractivity contribution in [3.63, 3.8) is 0 Å². The van der Waals surface area contributed by atoms with Crippen molar-refractivity contribution >= 4 is 5.97 Å². The van der Waals surface area contributed by atoms with Gasteiger partial charge in [0.25, 0.3) is 0 Å². The normalized spacial score (nSPS) is 54.0. The predicted octanol–water partition coefficient (Wildman–Crippen LogP) is 6.05. The molecule has 5 aliphatic rings. The van der Waals surface area contributed by atoms with Crippen LogP contribution in [0.4, 0.5) is 0 Å². The van der Waals surface area contributed by atoms with Gasteiger partial charge in [0, 0.05) is 12.3 Å². The van der Waals surface area contributed by atoms with Gasteiger partial charge in [0.2, 0.25) is 0 Å². The van der Waals surface area contributed by atoms with Gasteiger partial charge in [-0.25, -0.2) is 4.79 Å². The molecule has 4 heteroatoms. The van der Waals surface area contributed by atoms with Crippen molar-refractivity contribution in [2.75, 3.05) is 0 Å². The van der Waals surface area contributed by atoms with E-state index in [4.69, 9.17) is 4.74 Å². The van der Waals surface area contributed by atoms with Crippen LogP contribution < -0.4 is 0 Å². The highest BCUT2D eigenvalue weighted by Gasteiger charge is 2.71. The Morgan fingerprint density at radius 2 is 1.56 bits per heavy atom. The molecule has 10 atom stereocenters. The Bertz CT molecular complexity index is 888. The molecule has 1 saturated heterocycles. The summed E-state index contributed by atoms with van der Waals surface area (Å²) < 4.78 is 5.68. The van der Waals surface area contributed by atoms with Crippen molar-refractivity contribution in [1.29, 1.82) is 0 Å². The van der Waals surface area contributed by atoms with Crippen LogP contribution in [0.5, 0.6) is 0 Å². The third-order valence-electron chi connectivity index (χ3n) is 12.6. The molecule has 4 nitrogen and oxygen atoms in total. The van der Waals surface area contributed by atoms with Crippen LogP contribution in [0.1, 0.15) is 106 Å². The Morgan fingerprint density at radius 1 is 0.882 bits per heavy atom. The van der Waals surface area contributed by atoms with E-state index in [1.807, 2.05) is 19.9 Å². The number of esters is 1. The molecule has 0 aromatic heterocycles. The Kier molecular flexibility index (Phi) is 5.52. The van der Waals surface area contributed by atoms with Crippen molar-refractivity contribution in [1.82, 2.24) is 0 Å². The van der Waals surface area contributed by atoms with E-state index in [0.717, 1.165) is 37.7 Å². The Morgan fingerprint density at radius 3 is 2.24 bits per heavy atom. The summed E-state index contributed by atoms with van der Waals surface area (Å²) in [6.45, 7) is 16.2. The lowest BCUT2D eigenvalue weighted by atomic mass is 9.35. The van der Waals surface area contributed by atoms with Gasteiger partial charge in [0.1, 0.15) is 6.10 Å². The zero-order valence-electron chi connectivity index (χ0n) is 22.6. The molecule has 0 bridgehead atoms. The molecule has 0 amide bonds. The first-order valence-corrected chi connectivity index (χ1v) is 14.0. The van der Waals surface area contributed by atoms with Crippen LogP contribution in [-0.4, -0.2) is 34.0 Å². The van der Waals surface area contributed by atoms with E-state index >= 15 is 0 Å². The molecule has 0 aromatic carbocycles. The first-order valence-electron chi connectivity index (χ1n) is 14.0. The van der Waals surface area contributed by atoms with E-state index < -0.39 is 11.6 Å². The smallest absolute Gasteiger partial charge is 0.339 e. The minimum atomic E-state index is -1.35. The topological polar surface area (TPSA) is 66.8 Å². The Labute approximate surface area is 206 Å². The molecule has 5 fully saturated rings. The van der Waals surface area contributed by atoms with E-state index in [9.17, 15) is 15.0 Å². The van der Waals surface area contributed by atoms with Crippen molar-refractivity contribution < 1.29 is 19.7 Å². The summed E-state index contributed by atoms with van der Waals surface area (Å²) in [4.78, 5) is 13.0. The Hall–Kier alpha value is -0.870. The van der Waals surface area contributed by atoms with Gasteiger partial charge >= 0.3 is 5.97 Å². The van der Waals surface area contributed by atoms with E-state index in [-0.39, 0.29) is 39.8 Å². The minimum Gasteiger partial charge on any atom is -0.456 e. The van der Waals surface area contributed by atoms with Crippen molar-refractivity contribution in [3.05, 3.63) is 11.6 Å². The quantitative estimate of drug-likeness (QED) is 0.379. The monoisotopic (exact) mass is 472 g/mol. The SMILES string of the molecule is CC(C)=C[C@@H]1C[C@](O)(C2CC[C@]3(C)C2CCC2[C@@]4(C)CC[C@H](O)C(C)(C)C4CC[C@]23C)C(=O)O1. The van der Waals surface area contributed by atoms with Gasteiger partial charge in [-0.05, 0) is 111 Å². The first-order chi connectivity index (χ1) is 15.7. The minimum absolute atomic E-state index is 0.00603. The number of carbonyl (C=O) groups excluding carboxylic acids is 1. The average molecular weight is 473 g/mol. The van der Waals surface area contributed by atoms with Gasteiger partial charge in [0.15, 0.2) is 5.60 Å². The van der Waals surface area contributed by atoms with Crippen LogP contribution in [0.25, 0.3) is 0 Å². The molecule has 4 unspecified atom stereocenters. The van der Waals surface area contributed by atoms with Crippen molar-refractivity contribution in [2.45, 2.75) is 124 Å². The number of aliphatic hydroxyl groups excluding tert-OH is 1. The lowest BCUT2D eigenvalue weighted by molar-refractivity contribution is -0.225. The van der Waals surface area contributed by atoms with Crippen molar-refractivity contribution in [2.24, 2.45) is 45.3 Å². The fourth-order valence-corrected chi connectivity index (χ4v) is 10.7. The van der Waals surface area contributed by atoms with Crippen LogP contribution in [0.3, 0.4) is 0 Å². The maximum Gasteiger partial charge on any atom is 0.339 e. The number of ether oxygens (including phenoxy) is 1. The molecule has 0 radical (unpaired) electrons. The zero-order chi connectivity index (χ0) is 24.9. The van der Waals surface area contributed by atoms with Crippen LogP contribution in [0.15, 0.2) is 11.6 Å². The van der Waals surface area contributed by atoms with Crippen LogP contribution in [-0.2, 0) is 9.53 Å². The number of carbonyl (C=O) groups is 1. The van der Waals surface area contributed by atoms with Gasteiger partial charge in [-0.15, -0.1) is 0 Å². The number of cyclic esters (lactones) is 1. The van der Waals surface area contributed by atoms with E-state index in [1.165, 1.54) is 19.3 Å². The first kappa shape index (κ1) is 24.8. The number of hydrogen-bond donors (Lipinski definition) is 2. The molecule has 5 rings (SSSR count). The van der Waals surface area contributed by atoms with Crippen LogP contribution >= 0.6 is 0 Å². The molecule has 192 valence electrons. The summed E-state index contributed by atoms with van der Waals surface area (Å²) in [5.41, 5.74) is 0.315. The second-order valence-electron chi connectivity index (χ2n) is 14.5. The number of fused-ring (bicyclic) bond motifs is 5. The number of allylic oxidation sites excluding steroid dienone is 1. The summed E-state index contributed by atoms with van der Waals surface area (Å²) in [6.07, 6.45) is 10.6. The maximum atomic E-state index is 13.0. The second-order valence-corrected chi connectivity index (χ2v) is 14.5. The maximum absolute atomic E-state index is 13.0. The largest absolute Gasteiger partial charge is 0.456 e. The van der Waals surface area contributed by atoms with E-state index in [0.29, 0.717) is 24.2 Å². The van der Waals surface area contributed by atoms with Gasteiger partial charge < -0.3 is 14.9 Å². The third kappa shape index (κ3) is 3.06. The highest BCUT2D eigenvalue weighted by Crippen LogP contribution is 2.76. The molecule has 4 saturated carbocycles. The molecule has 2 N–H and O–H groups in total. The summed E-state index contributed by atoms with van der Waals surface area (Å²) in [7, 11) is 0. The summed E-state index contributed by atoms with van der Waals surface area (Å²) in [5, 5.41) is 22.6. The number of aliphatic hydroxyl groups is 2. The molecule has 34 heavy (non-hydrogen) atoms. The van der Waals surface area contributed by atoms with E-state index in [2.05, 4.69) is 34.6 Å². The van der Waals surface area contributed by atoms with Crippen molar-refractivity contribution in [3.8, 4) is 0 Å². The fraction of sp³-hybridized carbons (Fsp3) is 0.900. The zero-order valence-corrected chi connectivity index (χ0v) is 22.6. The Balaban J connectivity index is 1.46. The molecule has 1 aliphatic heterocycles. The number of hydrogen-bond acceptors (Lipinski definition) is 4. The van der Waals surface area contributed by atoms with Gasteiger partial charge in [-0.3, -0.25) is 0 Å². The summed E-state index contributed by atoms with van der Waals surface area (Å²) in [5.74, 6) is 1.15. The number of rotatable bonds is 2. The second kappa shape index (κ2) is 7.57. The summed E-state index contributed by atoms with van der Waals surface area (Å²) in [6, 6.07) is 0. The lowest BCUT2D eigenvalue weighted by Crippen LogP contribution is -2.64. The fourth-order valence-electron chi connectivity index (χ4n) is 10.7. The third-order valence-corrected chi connectivity index (χ3v) is 12.6. The van der Waals surface area contributed by atoms with Crippen LogP contribution in [0, 0.1) is 45.3 Å².